The first-order valence-electron chi connectivity index (χ1n) is 6.72. The molecule has 1 aliphatic rings. The lowest BCUT2D eigenvalue weighted by atomic mass is 10.2. The van der Waals surface area contributed by atoms with Crippen molar-refractivity contribution in [3.63, 3.8) is 0 Å². The summed E-state index contributed by atoms with van der Waals surface area (Å²) in [5.41, 5.74) is 0. The Morgan fingerprint density at radius 2 is 2.29 bits per heavy atom. The van der Waals surface area contributed by atoms with Gasteiger partial charge in [0.1, 0.15) is 5.82 Å². The van der Waals surface area contributed by atoms with E-state index in [-0.39, 0.29) is 31.1 Å². The van der Waals surface area contributed by atoms with Crippen molar-refractivity contribution in [1.29, 1.82) is 0 Å². The van der Waals surface area contributed by atoms with E-state index in [1.54, 1.807) is 11.5 Å². The van der Waals surface area contributed by atoms with Crippen molar-refractivity contribution < 1.29 is 23.1 Å². The van der Waals surface area contributed by atoms with Gasteiger partial charge in [-0.2, -0.15) is 4.31 Å². The SMILES string of the molecule is CCn1cc(S(=O)(=O)N2CCOC(CC(=O)O)C2)nc1C. The molecule has 1 saturated heterocycles. The van der Waals surface area contributed by atoms with Gasteiger partial charge in [-0.3, -0.25) is 4.79 Å². The lowest BCUT2D eigenvalue weighted by Gasteiger charge is -2.30. The molecule has 8 nitrogen and oxygen atoms in total. The second kappa shape index (κ2) is 6.12. The molecule has 0 bridgehead atoms. The Kier molecular flexibility index (Phi) is 4.64. The summed E-state index contributed by atoms with van der Waals surface area (Å²) in [6, 6.07) is 0. The molecule has 0 aromatic carbocycles. The van der Waals surface area contributed by atoms with Crippen LogP contribution in [0.5, 0.6) is 0 Å². The number of aryl methyl sites for hydroxylation is 2. The fourth-order valence-electron chi connectivity index (χ4n) is 2.28. The molecule has 1 aromatic heterocycles. The fourth-order valence-corrected chi connectivity index (χ4v) is 3.73. The van der Waals surface area contributed by atoms with Gasteiger partial charge in [-0.25, -0.2) is 13.4 Å². The second-order valence-electron chi connectivity index (χ2n) is 4.87. The highest BCUT2D eigenvalue weighted by atomic mass is 32.2. The Morgan fingerprint density at radius 1 is 1.57 bits per heavy atom. The minimum Gasteiger partial charge on any atom is -0.481 e. The molecule has 0 spiro atoms. The standard InChI is InChI=1S/C12H19N3O5S/c1-3-14-8-11(13-9(14)2)21(18,19)15-4-5-20-10(7-15)6-12(16)17/h8,10H,3-7H2,1-2H3,(H,16,17). The topological polar surface area (TPSA) is 102 Å². The first kappa shape index (κ1) is 15.9. The molecular weight excluding hydrogens is 298 g/mol. The third-order valence-electron chi connectivity index (χ3n) is 3.40. The number of nitrogens with zero attached hydrogens (tertiary/aromatic N) is 3. The molecule has 0 aliphatic carbocycles. The van der Waals surface area contributed by atoms with Crippen molar-refractivity contribution in [2.45, 2.75) is 37.9 Å². The summed E-state index contributed by atoms with van der Waals surface area (Å²) in [6.45, 7) is 4.71. The molecule has 2 rings (SSSR count). The Bertz CT molecular complexity index is 625. The van der Waals surface area contributed by atoms with Gasteiger partial charge < -0.3 is 14.4 Å². The zero-order valence-electron chi connectivity index (χ0n) is 12.0. The highest BCUT2D eigenvalue weighted by Crippen LogP contribution is 2.19. The van der Waals surface area contributed by atoms with Crippen molar-refractivity contribution in [2.24, 2.45) is 0 Å². The summed E-state index contributed by atoms with van der Waals surface area (Å²) in [7, 11) is -3.71. The van der Waals surface area contributed by atoms with E-state index in [0.717, 1.165) is 0 Å². The van der Waals surface area contributed by atoms with Crippen LogP contribution in [0.4, 0.5) is 0 Å². The second-order valence-corrected chi connectivity index (χ2v) is 6.75. The van der Waals surface area contributed by atoms with E-state index < -0.39 is 22.1 Å². The number of rotatable bonds is 5. The van der Waals surface area contributed by atoms with Gasteiger partial charge in [0.2, 0.25) is 0 Å². The normalized spacial score (nSPS) is 20.6. The molecule has 1 aliphatic heterocycles. The number of carbonyl (C=O) groups is 1. The largest absolute Gasteiger partial charge is 0.481 e. The van der Waals surface area contributed by atoms with Crippen LogP contribution in [0, 0.1) is 6.92 Å². The predicted octanol–water partition coefficient (Wildman–Crippen LogP) is 0.0756. The van der Waals surface area contributed by atoms with Gasteiger partial charge in [0.15, 0.2) is 5.03 Å². The maximum absolute atomic E-state index is 12.5. The van der Waals surface area contributed by atoms with E-state index in [9.17, 15) is 13.2 Å². The number of carboxylic acid groups (broad SMARTS) is 1. The van der Waals surface area contributed by atoms with E-state index >= 15 is 0 Å². The van der Waals surface area contributed by atoms with Crippen LogP contribution < -0.4 is 0 Å². The van der Waals surface area contributed by atoms with Crippen LogP contribution in [-0.4, -0.2) is 59.2 Å². The van der Waals surface area contributed by atoms with Crippen LogP contribution in [0.3, 0.4) is 0 Å². The van der Waals surface area contributed by atoms with Gasteiger partial charge in [0, 0.05) is 25.8 Å². The molecule has 21 heavy (non-hydrogen) atoms. The number of aromatic nitrogens is 2. The molecule has 118 valence electrons. The van der Waals surface area contributed by atoms with Crippen LogP contribution in [0.1, 0.15) is 19.2 Å². The maximum Gasteiger partial charge on any atom is 0.306 e. The highest BCUT2D eigenvalue weighted by molar-refractivity contribution is 7.89. The molecule has 1 N–H and O–H groups in total. The van der Waals surface area contributed by atoms with E-state index in [1.165, 1.54) is 10.5 Å². The van der Waals surface area contributed by atoms with E-state index in [4.69, 9.17) is 9.84 Å². The highest BCUT2D eigenvalue weighted by Gasteiger charge is 2.33. The molecule has 1 aromatic rings. The number of hydrogen-bond acceptors (Lipinski definition) is 5. The molecular formula is C12H19N3O5S. The number of hydrogen-bond donors (Lipinski definition) is 1. The zero-order valence-corrected chi connectivity index (χ0v) is 12.8. The Labute approximate surface area is 123 Å². The molecule has 1 atom stereocenters. The number of ether oxygens (including phenoxy) is 1. The van der Waals surface area contributed by atoms with Crippen molar-refractivity contribution in [3.8, 4) is 0 Å². The van der Waals surface area contributed by atoms with Gasteiger partial charge >= 0.3 is 5.97 Å². The van der Waals surface area contributed by atoms with Gasteiger partial charge in [-0.15, -0.1) is 0 Å². The minimum atomic E-state index is -3.71. The smallest absolute Gasteiger partial charge is 0.306 e. The molecule has 1 fully saturated rings. The van der Waals surface area contributed by atoms with Crippen molar-refractivity contribution >= 4 is 16.0 Å². The number of carboxylic acids is 1. The summed E-state index contributed by atoms with van der Waals surface area (Å²) in [5, 5.41) is 8.78. The van der Waals surface area contributed by atoms with E-state index in [2.05, 4.69) is 4.98 Å². The van der Waals surface area contributed by atoms with Crippen LogP contribution in [0.25, 0.3) is 0 Å². The first-order valence-corrected chi connectivity index (χ1v) is 8.16. The quantitative estimate of drug-likeness (QED) is 0.825. The lowest BCUT2D eigenvalue weighted by Crippen LogP contribution is -2.46. The first-order chi connectivity index (χ1) is 9.84. The van der Waals surface area contributed by atoms with Crippen LogP contribution in [0.15, 0.2) is 11.2 Å². The molecule has 0 saturated carbocycles. The van der Waals surface area contributed by atoms with Crippen LogP contribution >= 0.6 is 0 Å². The molecule has 1 unspecified atom stereocenters. The average Bonchev–Trinajstić information content (AvgIpc) is 2.80. The molecule has 0 amide bonds. The Morgan fingerprint density at radius 3 is 2.86 bits per heavy atom. The number of aliphatic carboxylic acids is 1. The lowest BCUT2D eigenvalue weighted by molar-refractivity contribution is -0.141. The van der Waals surface area contributed by atoms with Gasteiger partial charge in [-0.1, -0.05) is 0 Å². The van der Waals surface area contributed by atoms with Crippen molar-refractivity contribution in [3.05, 3.63) is 12.0 Å². The third-order valence-corrected chi connectivity index (χ3v) is 5.14. The van der Waals surface area contributed by atoms with Gasteiger partial charge in [0.05, 0.1) is 19.1 Å². The number of morpholine rings is 1. The number of imidazole rings is 1. The van der Waals surface area contributed by atoms with E-state index in [0.29, 0.717) is 12.4 Å². The monoisotopic (exact) mass is 317 g/mol. The summed E-state index contributed by atoms with van der Waals surface area (Å²) >= 11 is 0. The van der Waals surface area contributed by atoms with Gasteiger partial charge in [0.25, 0.3) is 10.0 Å². The van der Waals surface area contributed by atoms with Crippen LogP contribution in [0.2, 0.25) is 0 Å². The summed E-state index contributed by atoms with van der Waals surface area (Å²) in [6.07, 6.45) is 0.668. The Hall–Kier alpha value is -1.45. The Balaban J connectivity index is 2.20. The fraction of sp³-hybridized carbons (Fsp3) is 0.667. The average molecular weight is 317 g/mol. The molecule has 9 heteroatoms. The van der Waals surface area contributed by atoms with Gasteiger partial charge in [-0.05, 0) is 13.8 Å². The minimum absolute atomic E-state index is 0.00201. The summed E-state index contributed by atoms with van der Waals surface area (Å²) < 4.78 is 33.4. The van der Waals surface area contributed by atoms with Crippen molar-refractivity contribution in [2.75, 3.05) is 19.7 Å². The number of sulfonamides is 1. The predicted molar refractivity (Wildman–Crippen MR) is 73.4 cm³/mol. The maximum atomic E-state index is 12.5. The molecule has 0 radical (unpaired) electrons. The third kappa shape index (κ3) is 3.42. The summed E-state index contributed by atoms with van der Waals surface area (Å²) in [5.74, 6) is -0.378. The van der Waals surface area contributed by atoms with Crippen molar-refractivity contribution in [1.82, 2.24) is 13.9 Å². The van der Waals surface area contributed by atoms with Crippen LogP contribution in [-0.2, 0) is 26.1 Å². The summed E-state index contributed by atoms with van der Waals surface area (Å²) in [4.78, 5) is 14.8. The molecule has 2 heterocycles. The zero-order chi connectivity index (χ0) is 15.6. The van der Waals surface area contributed by atoms with E-state index in [1.807, 2.05) is 6.92 Å².